The van der Waals surface area contributed by atoms with Crippen LogP contribution in [-0.2, 0) is 19.1 Å². The predicted molar refractivity (Wildman–Crippen MR) is 89.9 cm³/mol. The van der Waals surface area contributed by atoms with Crippen molar-refractivity contribution in [1.82, 2.24) is 0 Å². The number of hydrogen-bond donors (Lipinski definition) is 0. The van der Waals surface area contributed by atoms with Gasteiger partial charge in [-0.1, -0.05) is 18.2 Å². The molecule has 1 heterocycles. The molecule has 1 aromatic carbocycles. The highest BCUT2D eigenvalue weighted by molar-refractivity contribution is 5.81. The Morgan fingerprint density at radius 2 is 2.00 bits per heavy atom. The summed E-state index contributed by atoms with van der Waals surface area (Å²) in [4.78, 5) is 24.8. The Bertz CT molecular complexity index is 588. The number of rotatable bonds is 5. The predicted octanol–water partition coefficient (Wildman–Crippen LogP) is 3.46. The molecule has 0 bridgehead atoms. The lowest BCUT2D eigenvalue weighted by atomic mass is 9.80. The Labute approximate surface area is 143 Å². The number of hydrogen-bond acceptors (Lipinski definition) is 5. The molecule has 0 N–H and O–H groups in total. The maximum absolute atomic E-state index is 12.5. The zero-order valence-corrected chi connectivity index (χ0v) is 14.8. The molecule has 0 saturated carbocycles. The molecule has 1 aliphatic heterocycles. The van der Waals surface area contributed by atoms with E-state index in [1.165, 1.54) is 0 Å². The van der Waals surface area contributed by atoms with Gasteiger partial charge < -0.3 is 14.2 Å². The molecule has 0 fully saturated rings. The fraction of sp³-hybridized carbons (Fsp3) is 0.579. The Balaban J connectivity index is 2.24. The minimum absolute atomic E-state index is 0.00903. The smallest absolute Gasteiger partial charge is 0.310 e. The molecule has 1 aliphatic rings. The van der Waals surface area contributed by atoms with E-state index in [2.05, 4.69) is 0 Å². The van der Waals surface area contributed by atoms with Gasteiger partial charge >= 0.3 is 11.9 Å². The van der Waals surface area contributed by atoms with Crippen LogP contribution in [-0.4, -0.2) is 30.8 Å². The zero-order chi connectivity index (χ0) is 17.7. The monoisotopic (exact) mass is 334 g/mol. The highest BCUT2D eigenvalue weighted by atomic mass is 16.6. The fourth-order valence-electron chi connectivity index (χ4n) is 2.99. The second kappa shape index (κ2) is 7.69. The van der Waals surface area contributed by atoms with Crippen LogP contribution in [0.1, 0.15) is 52.0 Å². The van der Waals surface area contributed by atoms with Gasteiger partial charge in [0, 0.05) is 5.92 Å². The van der Waals surface area contributed by atoms with E-state index in [0.29, 0.717) is 13.0 Å². The molecule has 5 heteroatoms. The van der Waals surface area contributed by atoms with Crippen molar-refractivity contribution >= 4 is 11.9 Å². The summed E-state index contributed by atoms with van der Waals surface area (Å²) in [6.45, 7) is 8.01. The van der Waals surface area contributed by atoms with Gasteiger partial charge in [-0.05, 0) is 45.7 Å². The molecule has 0 radical (unpaired) electrons. The lowest BCUT2D eigenvalue weighted by Gasteiger charge is -2.31. The maximum Gasteiger partial charge on any atom is 0.310 e. The van der Waals surface area contributed by atoms with Crippen LogP contribution < -0.4 is 4.74 Å². The summed E-state index contributed by atoms with van der Waals surface area (Å²) in [5.41, 5.74) is 0.370. The van der Waals surface area contributed by atoms with Crippen LogP contribution in [0, 0.1) is 5.92 Å². The van der Waals surface area contributed by atoms with Crippen molar-refractivity contribution in [1.29, 1.82) is 0 Å². The number of ether oxygens (including phenoxy) is 3. The molecule has 2 atom stereocenters. The van der Waals surface area contributed by atoms with Crippen molar-refractivity contribution in [2.45, 2.75) is 52.1 Å². The van der Waals surface area contributed by atoms with Gasteiger partial charge in [-0.25, -0.2) is 0 Å². The van der Waals surface area contributed by atoms with Crippen LogP contribution in [0.2, 0.25) is 0 Å². The average molecular weight is 334 g/mol. The molecular weight excluding hydrogens is 308 g/mol. The fourth-order valence-corrected chi connectivity index (χ4v) is 2.99. The summed E-state index contributed by atoms with van der Waals surface area (Å²) < 4.78 is 16.3. The van der Waals surface area contributed by atoms with Crippen LogP contribution in [0.25, 0.3) is 0 Å². The van der Waals surface area contributed by atoms with Crippen LogP contribution in [0.15, 0.2) is 24.3 Å². The molecule has 0 amide bonds. The van der Waals surface area contributed by atoms with E-state index in [1.807, 2.05) is 45.0 Å². The van der Waals surface area contributed by atoms with Gasteiger partial charge in [0.2, 0.25) is 0 Å². The van der Waals surface area contributed by atoms with Crippen LogP contribution in [0.4, 0.5) is 0 Å². The van der Waals surface area contributed by atoms with Crippen LogP contribution >= 0.6 is 0 Å². The van der Waals surface area contributed by atoms with Gasteiger partial charge in [-0.2, -0.15) is 0 Å². The van der Waals surface area contributed by atoms with E-state index < -0.39 is 11.5 Å². The number of carbonyl (C=O) groups is 2. The first-order valence-electron chi connectivity index (χ1n) is 8.42. The van der Waals surface area contributed by atoms with Gasteiger partial charge in [0.25, 0.3) is 0 Å². The van der Waals surface area contributed by atoms with Crippen molar-refractivity contribution in [3.05, 3.63) is 29.8 Å². The van der Waals surface area contributed by atoms with Crippen LogP contribution in [0.5, 0.6) is 5.75 Å². The largest absolute Gasteiger partial charge is 0.493 e. The quantitative estimate of drug-likeness (QED) is 0.772. The first kappa shape index (κ1) is 18.3. The molecule has 5 nitrogen and oxygen atoms in total. The second-order valence-electron chi connectivity index (χ2n) is 6.93. The highest BCUT2D eigenvalue weighted by Crippen LogP contribution is 2.40. The average Bonchev–Trinajstić information content (AvgIpc) is 2.50. The third-order valence-corrected chi connectivity index (χ3v) is 3.89. The van der Waals surface area contributed by atoms with Crippen LogP contribution in [0.3, 0.4) is 0 Å². The molecule has 0 aromatic heterocycles. The second-order valence-corrected chi connectivity index (χ2v) is 6.93. The third-order valence-electron chi connectivity index (χ3n) is 3.89. The first-order valence-corrected chi connectivity index (χ1v) is 8.42. The Hall–Kier alpha value is -2.04. The minimum Gasteiger partial charge on any atom is -0.493 e. The van der Waals surface area contributed by atoms with Crippen molar-refractivity contribution < 1.29 is 23.8 Å². The van der Waals surface area contributed by atoms with E-state index in [4.69, 9.17) is 14.2 Å². The van der Waals surface area contributed by atoms with E-state index in [-0.39, 0.29) is 30.9 Å². The molecule has 0 aliphatic carbocycles. The topological polar surface area (TPSA) is 61.8 Å². The van der Waals surface area contributed by atoms with E-state index in [1.54, 1.807) is 6.92 Å². The normalized spacial score (nSPS) is 18.1. The van der Waals surface area contributed by atoms with Crippen molar-refractivity contribution in [2.24, 2.45) is 5.92 Å². The molecule has 2 rings (SSSR count). The van der Waals surface area contributed by atoms with Gasteiger partial charge in [-0.3, -0.25) is 9.59 Å². The minimum atomic E-state index is -0.579. The standard InChI is InChI=1S/C19H26O5/c1-5-22-18(21)15(12-17(20)24-19(2,3)4)13-10-11-23-16-9-7-6-8-14(13)16/h6-9,13,15H,5,10-12H2,1-4H3. The summed E-state index contributed by atoms with van der Waals surface area (Å²) in [7, 11) is 0. The summed E-state index contributed by atoms with van der Waals surface area (Å²) in [5, 5.41) is 0. The number of carbonyl (C=O) groups excluding carboxylic acids is 2. The Kier molecular flexibility index (Phi) is 5.86. The zero-order valence-electron chi connectivity index (χ0n) is 14.8. The number of esters is 2. The summed E-state index contributed by atoms with van der Waals surface area (Å²) >= 11 is 0. The highest BCUT2D eigenvalue weighted by Gasteiger charge is 2.37. The molecule has 24 heavy (non-hydrogen) atoms. The molecule has 132 valence electrons. The van der Waals surface area contributed by atoms with E-state index in [9.17, 15) is 9.59 Å². The molecular formula is C19H26O5. The molecule has 0 saturated heterocycles. The lowest BCUT2D eigenvalue weighted by Crippen LogP contribution is -2.33. The van der Waals surface area contributed by atoms with Gasteiger partial charge in [0.1, 0.15) is 11.4 Å². The summed E-state index contributed by atoms with van der Waals surface area (Å²) in [6.07, 6.45) is 0.679. The van der Waals surface area contributed by atoms with Gasteiger partial charge in [-0.15, -0.1) is 0 Å². The summed E-state index contributed by atoms with van der Waals surface area (Å²) in [5.74, 6) is -0.645. The van der Waals surface area contributed by atoms with Crippen molar-refractivity contribution in [2.75, 3.05) is 13.2 Å². The van der Waals surface area contributed by atoms with Gasteiger partial charge in [0.15, 0.2) is 0 Å². The first-order chi connectivity index (χ1) is 11.3. The van der Waals surface area contributed by atoms with E-state index in [0.717, 1.165) is 11.3 Å². The SMILES string of the molecule is CCOC(=O)C(CC(=O)OC(C)(C)C)C1CCOc2ccccc21. The van der Waals surface area contributed by atoms with Crippen molar-refractivity contribution in [3.63, 3.8) is 0 Å². The van der Waals surface area contributed by atoms with Crippen molar-refractivity contribution in [3.8, 4) is 5.75 Å². The van der Waals surface area contributed by atoms with Gasteiger partial charge in [0.05, 0.1) is 25.6 Å². The molecule has 0 spiro atoms. The Morgan fingerprint density at radius 1 is 1.29 bits per heavy atom. The number of fused-ring (bicyclic) bond motifs is 1. The maximum atomic E-state index is 12.5. The molecule has 1 aromatic rings. The number of para-hydroxylation sites is 1. The number of benzene rings is 1. The third kappa shape index (κ3) is 4.73. The molecule has 2 unspecified atom stereocenters. The Morgan fingerprint density at radius 3 is 2.67 bits per heavy atom. The summed E-state index contributed by atoms with van der Waals surface area (Å²) in [6, 6.07) is 7.64. The lowest BCUT2D eigenvalue weighted by molar-refractivity contribution is -0.162. The van der Waals surface area contributed by atoms with E-state index >= 15 is 0 Å².